The number of nitrogens with two attached hydrogens (primary N) is 1. The Labute approximate surface area is 89.2 Å². The Kier molecular flexibility index (Phi) is 4.30. The van der Waals surface area contributed by atoms with Crippen LogP contribution in [0.25, 0.3) is 0 Å². The fraction of sp³-hybridized carbons (Fsp3) is 0.600. The van der Waals surface area contributed by atoms with Gasteiger partial charge in [0.15, 0.2) is 0 Å². The number of methoxy groups -OCH3 is 1. The Bertz CT molecular complexity index is 322. The van der Waals surface area contributed by atoms with E-state index in [-0.39, 0.29) is 12.0 Å². The van der Waals surface area contributed by atoms with Crippen LogP contribution in [0, 0.1) is 0 Å². The fourth-order valence-electron chi connectivity index (χ4n) is 1.38. The third-order valence-corrected chi connectivity index (χ3v) is 2.34. The van der Waals surface area contributed by atoms with Gasteiger partial charge in [0.25, 0.3) is 0 Å². The molecular weight excluding hydrogens is 194 g/mol. The van der Waals surface area contributed by atoms with Crippen LogP contribution >= 0.6 is 0 Å². The fourth-order valence-corrected chi connectivity index (χ4v) is 1.38. The van der Waals surface area contributed by atoms with E-state index in [1.54, 1.807) is 10.9 Å². The quantitative estimate of drug-likeness (QED) is 0.708. The van der Waals surface area contributed by atoms with Crippen molar-refractivity contribution in [2.45, 2.75) is 25.3 Å². The first kappa shape index (κ1) is 11.7. The summed E-state index contributed by atoms with van der Waals surface area (Å²) in [6.07, 6.45) is 3.48. The van der Waals surface area contributed by atoms with Crippen molar-refractivity contribution in [1.82, 2.24) is 9.78 Å². The standard InChI is InChI=1S/C10H17N3O2/c1-13-9(5-6-12-13)7-8(11)3-4-10(14)15-2/h5-6,8H,3-4,7,11H2,1-2H3. The second-order valence-electron chi connectivity index (χ2n) is 3.53. The van der Waals surface area contributed by atoms with Crippen LogP contribution < -0.4 is 5.73 Å². The molecule has 0 spiro atoms. The number of esters is 1. The lowest BCUT2D eigenvalue weighted by molar-refractivity contribution is -0.140. The predicted molar refractivity (Wildman–Crippen MR) is 56.1 cm³/mol. The second kappa shape index (κ2) is 5.50. The van der Waals surface area contributed by atoms with E-state index in [9.17, 15) is 4.79 Å². The van der Waals surface area contributed by atoms with E-state index in [0.29, 0.717) is 12.8 Å². The molecule has 0 amide bonds. The summed E-state index contributed by atoms with van der Waals surface area (Å²) in [5, 5.41) is 4.05. The molecule has 1 rings (SSSR count). The van der Waals surface area contributed by atoms with E-state index >= 15 is 0 Å². The molecule has 1 atom stereocenters. The number of hydrogen-bond donors (Lipinski definition) is 1. The highest BCUT2D eigenvalue weighted by atomic mass is 16.5. The van der Waals surface area contributed by atoms with Crippen LogP contribution in [0.1, 0.15) is 18.5 Å². The zero-order valence-electron chi connectivity index (χ0n) is 9.14. The van der Waals surface area contributed by atoms with Crippen molar-refractivity contribution in [2.24, 2.45) is 12.8 Å². The molecule has 0 aliphatic heterocycles. The molecule has 0 aliphatic rings. The summed E-state index contributed by atoms with van der Waals surface area (Å²) in [5.74, 6) is -0.213. The van der Waals surface area contributed by atoms with E-state index in [0.717, 1.165) is 12.1 Å². The van der Waals surface area contributed by atoms with Crippen molar-refractivity contribution in [3.8, 4) is 0 Å². The first-order valence-electron chi connectivity index (χ1n) is 4.92. The Morgan fingerprint density at radius 3 is 3.00 bits per heavy atom. The van der Waals surface area contributed by atoms with Gasteiger partial charge in [-0.1, -0.05) is 0 Å². The number of ether oxygens (including phenoxy) is 1. The number of carbonyl (C=O) groups is 1. The number of nitrogens with zero attached hydrogens (tertiary/aromatic N) is 2. The van der Waals surface area contributed by atoms with Crippen LogP contribution in [0.4, 0.5) is 0 Å². The van der Waals surface area contributed by atoms with Crippen molar-refractivity contribution >= 4 is 5.97 Å². The molecule has 0 bridgehead atoms. The van der Waals surface area contributed by atoms with Crippen LogP contribution in [0.15, 0.2) is 12.3 Å². The average molecular weight is 211 g/mol. The predicted octanol–water partition coefficient (Wildman–Crippen LogP) is 0.243. The molecule has 1 unspecified atom stereocenters. The first-order chi connectivity index (χ1) is 7.13. The summed E-state index contributed by atoms with van der Waals surface area (Å²) in [6, 6.07) is 1.90. The highest BCUT2D eigenvalue weighted by Gasteiger charge is 2.09. The molecule has 0 aromatic carbocycles. The molecule has 0 fully saturated rings. The minimum atomic E-state index is -0.213. The minimum Gasteiger partial charge on any atom is -0.469 e. The summed E-state index contributed by atoms with van der Waals surface area (Å²) in [4.78, 5) is 10.9. The molecule has 5 nitrogen and oxygen atoms in total. The molecule has 1 aromatic heterocycles. The Hall–Kier alpha value is -1.36. The molecule has 2 N–H and O–H groups in total. The van der Waals surface area contributed by atoms with E-state index in [4.69, 9.17) is 5.73 Å². The van der Waals surface area contributed by atoms with E-state index in [1.165, 1.54) is 7.11 Å². The van der Waals surface area contributed by atoms with Crippen molar-refractivity contribution < 1.29 is 9.53 Å². The van der Waals surface area contributed by atoms with Gasteiger partial charge in [-0.15, -0.1) is 0 Å². The summed E-state index contributed by atoms with van der Waals surface area (Å²) in [5.41, 5.74) is 6.96. The number of carbonyl (C=O) groups excluding carboxylic acids is 1. The normalized spacial score (nSPS) is 12.5. The molecule has 84 valence electrons. The average Bonchev–Trinajstić information content (AvgIpc) is 2.61. The van der Waals surface area contributed by atoms with Gasteiger partial charge in [-0.3, -0.25) is 9.48 Å². The van der Waals surface area contributed by atoms with Gasteiger partial charge in [0.1, 0.15) is 0 Å². The third-order valence-electron chi connectivity index (χ3n) is 2.34. The van der Waals surface area contributed by atoms with Gasteiger partial charge in [0.05, 0.1) is 7.11 Å². The largest absolute Gasteiger partial charge is 0.469 e. The molecular formula is C10H17N3O2. The maximum atomic E-state index is 10.9. The molecule has 1 aromatic rings. The van der Waals surface area contributed by atoms with E-state index in [1.807, 2.05) is 13.1 Å². The molecule has 0 saturated heterocycles. The summed E-state index contributed by atoms with van der Waals surface area (Å²) in [7, 11) is 3.26. The van der Waals surface area contributed by atoms with Crippen LogP contribution in [0.3, 0.4) is 0 Å². The highest BCUT2D eigenvalue weighted by molar-refractivity contribution is 5.69. The topological polar surface area (TPSA) is 70.1 Å². The van der Waals surface area contributed by atoms with Gasteiger partial charge < -0.3 is 10.5 Å². The second-order valence-corrected chi connectivity index (χ2v) is 3.53. The van der Waals surface area contributed by atoms with Gasteiger partial charge in [-0.25, -0.2) is 0 Å². The summed E-state index contributed by atoms with van der Waals surface area (Å²) >= 11 is 0. The van der Waals surface area contributed by atoms with Crippen LogP contribution in [0.2, 0.25) is 0 Å². The van der Waals surface area contributed by atoms with Crippen LogP contribution in [-0.2, 0) is 23.0 Å². The lowest BCUT2D eigenvalue weighted by Gasteiger charge is -2.10. The Morgan fingerprint density at radius 1 is 1.73 bits per heavy atom. The maximum Gasteiger partial charge on any atom is 0.305 e. The van der Waals surface area contributed by atoms with Gasteiger partial charge >= 0.3 is 5.97 Å². The van der Waals surface area contributed by atoms with E-state index in [2.05, 4.69) is 9.84 Å². The zero-order chi connectivity index (χ0) is 11.3. The minimum absolute atomic E-state index is 0.0282. The molecule has 0 saturated carbocycles. The van der Waals surface area contributed by atoms with Gasteiger partial charge in [0.2, 0.25) is 0 Å². The number of aryl methyl sites for hydroxylation is 1. The molecule has 0 radical (unpaired) electrons. The van der Waals surface area contributed by atoms with Gasteiger partial charge in [0, 0.05) is 37.8 Å². The number of rotatable bonds is 5. The van der Waals surface area contributed by atoms with Crippen molar-refractivity contribution in [3.05, 3.63) is 18.0 Å². The van der Waals surface area contributed by atoms with Crippen LogP contribution in [0.5, 0.6) is 0 Å². The van der Waals surface area contributed by atoms with E-state index < -0.39 is 0 Å². The maximum absolute atomic E-state index is 10.9. The summed E-state index contributed by atoms with van der Waals surface area (Å²) < 4.78 is 6.34. The number of aromatic nitrogens is 2. The van der Waals surface area contributed by atoms with Gasteiger partial charge in [-0.05, 0) is 12.5 Å². The Morgan fingerprint density at radius 2 is 2.47 bits per heavy atom. The molecule has 5 heteroatoms. The van der Waals surface area contributed by atoms with Crippen molar-refractivity contribution in [2.75, 3.05) is 7.11 Å². The Balaban J connectivity index is 2.33. The SMILES string of the molecule is COC(=O)CCC(N)Cc1ccnn1C. The van der Waals surface area contributed by atoms with Crippen LogP contribution in [-0.4, -0.2) is 28.9 Å². The lowest BCUT2D eigenvalue weighted by Crippen LogP contribution is -2.25. The summed E-state index contributed by atoms with van der Waals surface area (Å²) in [6.45, 7) is 0. The number of hydrogen-bond acceptors (Lipinski definition) is 4. The smallest absolute Gasteiger partial charge is 0.305 e. The highest BCUT2D eigenvalue weighted by Crippen LogP contribution is 2.05. The van der Waals surface area contributed by atoms with Crippen molar-refractivity contribution in [1.29, 1.82) is 0 Å². The molecule has 0 aliphatic carbocycles. The lowest BCUT2D eigenvalue weighted by atomic mass is 10.1. The monoisotopic (exact) mass is 211 g/mol. The van der Waals surface area contributed by atoms with Crippen molar-refractivity contribution in [3.63, 3.8) is 0 Å². The first-order valence-corrected chi connectivity index (χ1v) is 4.92. The molecule has 15 heavy (non-hydrogen) atoms. The third kappa shape index (κ3) is 3.71. The van der Waals surface area contributed by atoms with Gasteiger partial charge in [-0.2, -0.15) is 5.10 Å². The zero-order valence-corrected chi connectivity index (χ0v) is 9.14. The molecule has 1 heterocycles.